The van der Waals surface area contributed by atoms with E-state index < -0.39 is 5.97 Å². The molecule has 100 valence electrons. The molecule has 0 spiro atoms. The number of benzene rings is 1. The summed E-state index contributed by atoms with van der Waals surface area (Å²) in [6.45, 7) is 0. The zero-order valence-corrected chi connectivity index (χ0v) is 11.2. The Bertz CT molecular complexity index is 795. The molecule has 3 aromatic rings. The van der Waals surface area contributed by atoms with Gasteiger partial charge in [-0.25, -0.2) is 9.78 Å². The number of aromatic nitrogens is 2. The number of pyridine rings is 1. The molecule has 4 nitrogen and oxygen atoms in total. The fourth-order valence-electron chi connectivity index (χ4n) is 2.17. The van der Waals surface area contributed by atoms with Crippen molar-refractivity contribution in [2.75, 3.05) is 0 Å². The predicted molar refractivity (Wildman–Crippen MR) is 76.4 cm³/mol. The van der Waals surface area contributed by atoms with Gasteiger partial charge in [-0.1, -0.05) is 23.7 Å². The van der Waals surface area contributed by atoms with Crippen molar-refractivity contribution in [3.05, 3.63) is 70.6 Å². The van der Waals surface area contributed by atoms with Crippen LogP contribution in [-0.2, 0) is 6.42 Å². The largest absolute Gasteiger partial charge is 0.478 e. The fraction of sp³-hybridized carbons (Fsp3) is 0.0667. The molecule has 0 aliphatic heterocycles. The lowest BCUT2D eigenvalue weighted by atomic mass is 10.1. The molecule has 20 heavy (non-hydrogen) atoms. The van der Waals surface area contributed by atoms with Crippen LogP contribution in [0.1, 0.15) is 21.6 Å². The van der Waals surface area contributed by atoms with E-state index >= 15 is 0 Å². The van der Waals surface area contributed by atoms with Gasteiger partial charge in [-0.2, -0.15) is 0 Å². The van der Waals surface area contributed by atoms with Crippen LogP contribution in [0, 0.1) is 0 Å². The zero-order valence-electron chi connectivity index (χ0n) is 10.5. The molecule has 0 atom stereocenters. The number of aromatic carboxylic acids is 1. The molecule has 2 aromatic heterocycles. The normalized spacial score (nSPS) is 10.8. The summed E-state index contributed by atoms with van der Waals surface area (Å²) in [6.07, 6.45) is 4.24. The van der Waals surface area contributed by atoms with E-state index in [0.717, 1.165) is 11.3 Å². The quantitative estimate of drug-likeness (QED) is 0.804. The highest BCUT2D eigenvalue weighted by molar-refractivity contribution is 6.30. The standard InChI is InChI=1S/C15H11ClN2O2/c16-11-4-1-3-10(7-11)8-12-9-18-6-2-5-13(15(19)20)14(18)17-12/h1-7,9H,8H2,(H,19,20). The van der Waals surface area contributed by atoms with Gasteiger partial charge in [0.25, 0.3) is 0 Å². The maximum Gasteiger partial charge on any atom is 0.339 e. The number of carboxylic acids is 1. The summed E-state index contributed by atoms with van der Waals surface area (Å²) in [5.41, 5.74) is 2.50. The third-order valence-electron chi connectivity index (χ3n) is 3.04. The van der Waals surface area contributed by atoms with Crippen LogP contribution in [0.5, 0.6) is 0 Å². The average molecular weight is 287 g/mol. The predicted octanol–water partition coefficient (Wildman–Crippen LogP) is 3.28. The Hall–Kier alpha value is -2.33. The molecule has 0 unspecified atom stereocenters. The highest BCUT2D eigenvalue weighted by Gasteiger charge is 2.11. The summed E-state index contributed by atoms with van der Waals surface area (Å²) in [5.74, 6) is -0.976. The van der Waals surface area contributed by atoms with E-state index in [2.05, 4.69) is 4.98 Å². The number of carbonyl (C=O) groups is 1. The maximum absolute atomic E-state index is 11.2. The summed E-state index contributed by atoms with van der Waals surface area (Å²) in [4.78, 5) is 15.6. The van der Waals surface area contributed by atoms with Gasteiger partial charge >= 0.3 is 5.97 Å². The van der Waals surface area contributed by atoms with E-state index in [0.29, 0.717) is 17.1 Å². The van der Waals surface area contributed by atoms with Crippen molar-refractivity contribution >= 4 is 23.2 Å². The zero-order chi connectivity index (χ0) is 14.1. The number of halogens is 1. The summed E-state index contributed by atoms with van der Waals surface area (Å²) in [7, 11) is 0. The second kappa shape index (κ2) is 4.98. The third kappa shape index (κ3) is 2.38. The molecule has 0 radical (unpaired) electrons. The van der Waals surface area contributed by atoms with Gasteiger partial charge < -0.3 is 9.51 Å². The molecule has 0 fully saturated rings. The average Bonchev–Trinajstić information content (AvgIpc) is 2.80. The molecule has 0 aliphatic rings. The minimum Gasteiger partial charge on any atom is -0.478 e. The van der Waals surface area contributed by atoms with E-state index in [9.17, 15) is 4.79 Å². The minimum atomic E-state index is -0.976. The molecule has 3 rings (SSSR count). The van der Waals surface area contributed by atoms with Crippen LogP contribution < -0.4 is 0 Å². The maximum atomic E-state index is 11.2. The monoisotopic (exact) mass is 286 g/mol. The van der Waals surface area contributed by atoms with Crippen molar-refractivity contribution in [2.24, 2.45) is 0 Å². The lowest BCUT2D eigenvalue weighted by Crippen LogP contribution is -1.99. The summed E-state index contributed by atoms with van der Waals surface area (Å²) < 4.78 is 1.73. The third-order valence-corrected chi connectivity index (χ3v) is 3.27. The Morgan fingerprint density at radius 2 is 2.15 bits per heavy atom. The molecule has 1 N–H and O–H groups in total. The summed E-state index contributed by atoms with van der Waals surface area (Å²) in [5, 5.41) is 9.83. The first kappa shape index (κ1) is 12.7. The highest BCUT2D eigenvalue weighted by atomic mass is 35.5. The fourth-order valence-corrected chi connectivity index (χ4v) is 2.38. The molecule has 5 heteroatoms. The number of carboxylic acid groups (broad SMARTS) is 1. The smallest absolute Gasteiger partial charge is 0.339 e. The molecule has 2 heterocycles. The second-order valence-electron chi connectivity index (χ2n) is 4.50. The van der Waals surface area contributed by atoms with Gasteiger partial charge in [-0.3, -0.25) is 0 Å². The van der Waals surface area contributed by atoms with Crippen molar-refractivity contribution in [3.8, 4) is 0 Å². The van der Waals surface area contributed by atoms with Crippen molar-refractivity contribution in [1.82, 2.24) is 9.38 Å². The first-order valence-electron chi connectivity index (χ1n) is 6.08. The molecule has 0 bridgehead atoms. The van der Waals surface area contributed by atoms with Gasteiger partial charge in [0.05, 0.1) is 5.69 Å². The van der Waals surface area contributed by atoms with E-state index in [1.54, 1.807) is 22.7 Å². The van der Waals surface area contributed by atoms with E-state index in [1.165, 1.54) is 0 Å². The first-order valence-corrected chi connectivity index (χ1v) is 6.45. The van der Waals surface area contributed by atoms with Crippen LogP contribution in [0.4, 0.5) is 0 Å². The molecule has 0 saturated carbocycles. The van der Waals surface area contributed by atoms with Crippen LogP contribution in [-0.4, -0.2) is 20.5 Å². The van der Waals surface area contributed by atoms with Crippen molar-refractivity contribution < 1.29 is 9.90 Å². The van der Waals surface area contributed by atoms with Gasteiger partial charge in [0.2, 0.25) is 0 Å². The summed E-state index contributed by atoms with van der Waals surface area (Å²) in [6, 6.07) is 10.8. The highest BCUT2D eigenvalue weighted by Crippen LogP contribution is 2.16. The van der Waals surface area contributed by atoms with Crippen LogP contribution in [0.25, 0.3) is 5.65 Å². The van der Waals surface area contributed by atoms with E-state index in [1.807, 2.05) is 30.5 Å². The molecule has 0 amide bonds. The van der Waals surface area contributed by atoms with E-state index in [-0.39, 0.29) is 5.56 Å². The molecule has 1 aromatic carbocycles. The van der Waals surface area contributed by atoms with Crippen molar-refractivity contribution in [2.45, 2.75) is 6.42 Å². The number of rotatable bonds is 3. The van der Waals surface area contributed by atoms with Gasteiger partial charge in [0.15, 0.2) is 5.65 Å². The van der Waals surface area contributed by atoms with Crippen molar-refractivity contribution in [1.29, 1.82) is 0 Å². The molecule has 0 aliphatic carbocycles. The van der Waals surface area contributed by atoms with Crippen LogP contribution in [0.3, 0.4) is 0 Å². The van der Waals surface area contributed by atoms with Gasteiger partial charge in [0, 0.05) is 23.8 Å². The number of nitrogens with zero attached hydrogens (tertiary/aromatic N) is 2. The van der Waals surface area contributed by atoms with Gasteiger partial charge in [-0.15, -0.1) is 0 Å². The molecular weight excluding hydrogens is 276 g/mol. The second-order valence-corrected chi connectivity index (χ2v) is 4.93. The molecule has 0 saturated heterocycles. The van der Waals surface area contributed by atoms with Gasteiger partial charge in [-0.05, 0) is 29.8 Å². The Morgan fingerprint density at radius 1 is 1.30 bits per heavy atom. The lowest BCUT2D eigenvalue weighted by molar-refractivity contribution is 0.0698. The number of hydrogen-bond donors (Lipinski definition) is 1. The topological polar surface area (TPSA) is 54.6 Å². The van der Waals surface area contributed by atoms with Crippen LogP contribution in [0.2, 0.25) is 5.02 Å². The van der Waals surface area contributed by atoms with Gasteiger partial charge in [0.1, 0.15) is 5.56 Å². The minimum absolute atomic E-state index is 0.199. The number of imidazole rings is 1. The Balaban J connectivity index is 2.01. The Kier molecular flexibility index (Phi) is 3.16. The van der Waals surface area contributed by atoms with Crippen LogP contribution in [0.15, 0.2) is 48.8 Å². The summed E-state index contributed by atoms with van der Waals surface area (Å²) >= 11 is 5.95. The van der Waals surface area contributed by atoms with E-state index in [4.69, 9.17) is 16.7 Å². The Labute approximate surface area is 120 Å². The number of hydrogen-bond acceptors (Lipinski definition) is 2. The number of fused-ring (bicyclic) bond motifs is 1. The van der Waals surface area contributed by atoms with Crippen LogP contribution >= 0.6 is 11.6 Å². The lowest BCUT2D eigenvalue weighted by Gasteiger charge is -1.98. The van der Waals surface area contributed by atoms with Crippen molar-refractivity contribution in [3.63, 3.8) is 0 Å². The molecular formula is C15H11ClN2O2. The Morgan fingerprint density at radius 3 is 2.90 bits per heavy atom. The SMILES string of the molecule is O=C(O)c1cccn2cc(Cc3cccc(Cl)c3)nc12. The first-order chi connectivity index (χ1) is 9.63.